The molecule has 3 aromatic heterocycles. The van der Waals surface area contributed by atoms with Gasteiger partial charge in [0.15, 0.2) is 5.82 Å². The smallest absolute Gasteiger partial charge is 0.154 e. The van der Waals surface area contributed by atoms with Gasteiger partial charge >= 0.3 is 0 Å². The Morgan fingerprint density at radius 3 is 2.64 bits per heavy atom. The molecule has 0 aliphatic heterocycles. The summed E-state index contributed by atoms with van der Waals surface area (Å²) in [6.07, 6.45) is 2.70. The lowest BCUT2D eigenvalue weighted by Gasteiger charge is -2.11. The maximum absolute atomic E-state index is 6.48. The molecule has 6 nitrogen and oxygen atoms in total. The van der Waals surface area contributed by atoms with Crippen LogP contribution >= 0.6 is 23.2 Å². The minimum Gasteiger partial charge on any atom is -0.323 e. The van der Waals surface area contributed by atoms with Crippen molar-refractivity contribution in [3.05, 3.63) is 58.3 Å². The highest BCUT2D eigenvalue weighted by Crippen LogP contribution is 2.32. The van der Waals surface area contributed by atoms with E-state index >= 15 is 0 Å². The van der Waals surface area contributed by atoms with Crippen molar-refractivity contribution in [1.82, 2.24) is 24.7 Å². The van der Waals surface area contributed by atoms with Gasteiger partial charge in [-0.1, -0.05) is 36.2 Å². The maximum atomic E-state index is 6.48. The third-order valence-electron chi connectivity index (χ3n) is 4.31. The lowest BCUT2D eigenvalue weighted by Crippen LogP contribution is -2.02. The Balaban J connectivity index is 1.74. The highest BCUT2D eigenvalue weighted by molar-refractivity contribution is 6.35. The van der Waals surface area contributed by atoms with Crippen LogP contribution in [0, 0.1) is 6.92 Å². The minimum absolute atomic E-state index is 0.473. The quantitative estimate of drug-likeness (QED) is 0.458. The number of hydrogen-bond donors (Lipinski definition) is 1. The molecule has 4 rings (SSSR count). The molecule has 0 aliphatic rings. The second-order valence-electron chi connectivity index (χ2n) is 6.43. The Morgan fingerprint density at radius 2 is 1.93 bits per heavy atom. The molecule has 0 saturated carbocycles. The van der Waals surface area contributed by atoms with Gasteiger partial charge in [0.2, 0.25) is 0 Å². The number of nitrogens with one attached hydrogen (secondary N) is 1. The fraction of sp³-hybridized carbons (Fsp3) is 0.200. The average Bonchev–Trinajstić information content (AvgIpc) is 3.05. The van der Waals surface area contributed by atoms with E-state index in [9.17, 15) is 0 Å². The van der Waals surface area contributed by atoms with Gasteiger partial charge in [0.05, 0.1) is 26.8 Å². The van der Waals surface area contributed by atoms with Gasteiger partial charge in [-0.2, -0.15) is 5.10 Å². The van der Waals surface area contributed by atoms with Crippen LogP contribution in [0.25, 0.3) is 22.4 Å². The van der Waals surface area contributed by atoms with Crippen LogP contribution in [0.1, 0.15) is 19.0 Å². The third kappa shape index (κ3) is 3.53. The number of halogens is 2. The lowest BCUT2D eigenvalue weighted by atomic mass is 10.2. The van der Waals surface area contributed by atoms with Gasteiger partial charge in [0.25, 0.3) is 0 Å². The van der Waals surface area contributed by atoms with Crippen molar-refractivity contribution >= 4 is 45.9 Å². The van der Waals surface area contributed by atoms with Gasteiger partial charge in [-0.05, 0) is 43.7 Å². The molecule has 3 heterocycles. The Labute approximate surface area is 172 Å². The summed E-state index contributed by atoms with van der Waals surface area (Å²) in [5.41, 5.74) is 3.44. The van der Waals surface area contributed by atoms with Crippen molar-refractivity contribution in [2.24, 2.45) is 0 Å². The second-order valence-corrected chi connectivity index (χ2v) is 7.25. The van der Waals surface area contributed by atoms with Gasteiger partial charge in [-0.15, -0.1) is 5.10 Å². The number of pyridine rings is 1. The van der Waals surface area contributed by atoms with E-state index in [4.69, 9.17) is 28.2 Å². The van der Waals surface area contributed by atoms with Crippen LogP contribution in [0.4, 0.5) is 11.6 Å². The first-order chi connectivity index (χ1) is 13.6. The summed E-state index contributed by atoms with van der Waals surface area (Å²) in [6.45, 7) is 4.80. The van der Waals surface area contributed by atoms with Crippen molar-refractivity contribution in [3.63, 3.8) is 0 Å². The Hall–Kier alpha value is -2.70. The zero-order valence-corrected chi connectivity index (χ0v) is 17.0. The number of aryl methyl sites for hydroxylation is 2. The molecule has 4 aromatic rings. The maximum Gasteiger partial charge on any atom is 0.154 e. The van der Waals surface area contributed by atoms with Crippen molar-refractivity contribution in [1.29, 1.82) is 0 Å². The van der Waals surface area contributed by atoms with Crippen LogP contribution in [0.15, 0.2) is 42.6 Å². The molecule has 1 aromatic carbocycles. The predicted octanol–water partition coefficient (Wildman–Crippen LogP) is 5.66. The molecule has 0 saturated heterocycles. The number of nitrogens with zero attached hydrogens (tertiary/aromatic N) is 5. The molecular formula is C20H18Cl2N6. The number of fused-ring (bicyclic) bond motifs is 1. The van der Waals surface area contributed by atoms with Gasteiger partial charge < -0.3 is 9.88 Å². The first-order valence-electron chi connectivity index (χ1n) is 8.95. The fourth-order valence-corrected chi connectivity index (χ4v) is 3.53. The molecule has 0 atom stereocenters. The largest absolute Gasteiger partial charge is 0.323 e. The average molecular weight is 413 g/mol. The van der Waals surface area contributed by atoms with Gasteiger partial charge in [-0.3, -0.25) is 0 Å². The molecule has 0 radical (unpaired) electrons. The molecule has 1 N–H and O–H groups in total. The lowest BCUT2D eigenvalue weighted by molar-refractivity contribution is 0.704. The number of imidazole rings is 1. The molecule has 0 aliphatic carbocycles. The van der Waals surface area contributed by atoms with E-state index in [1.165, 1.54) is 0 Å². The number of para-hydroxylation sites is 1. The third-order valence-corrected chi connectivity index (χ3v) is 4.90. The number of benzene rings is 1. The molecule has 0 spiro atoms. The van der Waals surface area contributed by atoms with Gasteiger partial charge in [-0.25, -0.2) is 9.97 Å². The zero-order chi connectivity index (χ0) is 19.7. The Kier molecular flexibility index (Phi) is 5.15. The molecule has 0 bridgehead atoms. The topological polar surface area (TPSA) is 68.5 Å². The number of rotatable bonds is 5. The van der Waals surface area contributed by atoms with Crippen molar-refractivity contribution in [2.45, 2.75) is 26.8 Å². The fourth-order valence-electron chi connectivity index (χ4n) is 3.04. The highest BCUT2D eigenvalue weighted by atomic mass is 35.5. The summed E-state index contributed by atoms with van der Waals surface area (Å²) in [7, 11) is 0. The van der Waals surface area contributed by atoms with E-state index < -0.39 is 0 Å². The van der Waals surface area contributed by atoms with Crippen LogP contribution in [0.2, 0.25) is 10.0 Å². The van der Waals surface area contributed by atoms with Crippen molar-refractivity contribution in [2.75, 3.05) is 5.32 Å². The summed E-state index contributed by atoms with van der Waals surface area (Å²) < 4.78 is 2.11. The first kappa shape index (κ1) is 18.7. The normalized spacial score (nSPS) is 11.1. The second kappa shape index (κ2) is 7.73. The van der Waals surface area contributed by atoms with Crippen molar-refractivity contribution in [3.8, 4) is 11.4 Å². The van der Waals surface area contributed by atoms with Gasteiger partial charge in [0.1, 0.15) is 11.6 Å². The Morgan fingerprint density at radius 1 is 1.07 bits per heavy atom. The van der Waals surface area contributed by atoms with Crippen LogP contribution in [0.3, 0.4) is 0 Å². The van der Waals surface area contributed by atoms with Gasteiger partial charge in [0, 0.05) is 18.3 Å². The minimum atomic E-state index is 0.473. The Bertz CT molecular complexity index is 1140. The zero-order valence-electron chi connectivity index (χ0n) is 15.4. The van der Waals surface area contributed by atoms with E-state index in [0.29, 0.717) is 21.7 Å². The molecule has 8 heteroatoms. The predicted molar refractivity (Wildman–Crippen MR) is 113 cm³/mol. The standard InChI is InChI=1S/C20H18Cl2N6/c1-3-9-28-18-14(21)5-4-6-16(18)24-20(28)13-10-15(22)19(23-11-13)25-17-8-7-12(2)26-27-17/h4-8,10-11H,3,9H2,1-2H3,(H,23,25,27). The number of anilines is 2. The van der Waals surface area contributed by atoms with Crippen LogP contribution in [-0.4, -0.2) is 24.7 Å². The van der Waals surface area contributed by atoms with E-state index in [2.05, 4.69) is 32.0 Å². The summed E-state index contributed by atoms with van der Waals surface area (Å²) in [5, 5.41) is 12.3. The molecule has 0 amide bonds. The SMILES string of the molecule is CCCn1c(-c2cnc(Nc3ccc(C)nn3)c(Cl)c2)nc2cccc(Cl)c21. The monoisotopic (exact) mass is 412 g/mol. The van der Waals surface area contributed by atoms with E-state index in [0.717, 1.165) is 41.1 Å². The number of hydrogen-bond acceptors (Lipinski definition) is 5. The molecule has 142 valence electrons. The summed E-state index contributed by atoms with van der Waals surface area (Å²) in [4.78, 5) is 9.23. The first-order valence-corrected chi connectivity index (χ1v) is 9.70. The molecule has 0 unspecified atom stereocenters. The molecule has 0 fully saturated rings. The van der Waals surface area contributed by atoms with Crippen LogP contribution in [0.5, 0.6) is 0 Å². The van der Waals surface area contributed by atoms with E-state index in [-0.39, 0.29) is 0 Å². The van der Waals surface area contributed by atoms with Crippen molar-refractivity contribution < 1.29 is 0 Å². The van der Waals surface area contributed by atoms with Crippen LogP contribution in [-0.2, 0) is 6.54 Å². The van der Waals surface area contributed by atoms with E-state index in [1.807, 2.05) is 43.3 Å². The highest BCUT2D eigenvalue weighted by Gasteiger charge is 2.16. The summed E-state index contributed by atoms with van der Waals surface area (Å²) >= 11 is 12.9. The summed E-state index contributed by atoms with van der Waals surface area (Å²) in [6, 6.07) is 11.3. The van der Waals surface area contributed by atoms with E-state index in [1.54, 1.807) is 6.20 Å². The number of aromatic nitrogens is 5. The molecule has 28 heavy (non-hydrogen) atoms. The molecular weight excluding hydrogens is 395 g/mol. The van der Waals surface area contributed by atoms with Crippen LogP contribution < -0.4 is 5.32 Å². The summed E-state index contributed by atoms with van der Waals surface area (Å²) in [5.74, 6) is 1.89.